The number of hydrogen-bond donors (Lipinski definition) is 2. The lowest BCUT2D eigenvalue weighted by atomic mass is 10.1. The summed E-state index contributed by atoms with van der Waals surface area (Å²) in [5.41, 5.74) is 0.145. The Morgan fingerprint density at radius 2 is 1.65 bits per heavy atom. The lowest BCUT2D eigenvalue weighted by molar-refractivity contribution is -0.136. The van der Waals surface area contributed by atoms with Gasteiger partial charge in [-0.3, -0.25) is 9.59 Å². The number of amides is 2. The molecule has 2 atom stereocenters. The second kappa shape index (κ2) is 10.5. The minimum Gasteiger partial charge on any atom is -0.478 e. The molecule has 3 aromatic rings. The van der Waals surface area contributed by atoms with Crippen molar-refractivity contribution in [3.63, 3.8) is 0 Å². The van der Waals surface area contributed by atoms with Crippen LogP contribution in [0.1, 0.15) is 16.8 Å². The summed E-state index contributed by atoms with van der Waals surface area (Å²) in [6, 6.07) is 17.3. The average molecular weight is 542 g/mol. The van der Waals surface area contributed by atoms with Gasteiger partial charge in [0.1, 0.15) is 6.04 Å². The number of carbonyl (C=O) groups is 3. The van der Waals surface area contributed by atoms with Gasteiger partial charge in [0.25, 0.3) is 0 Å². The normalized spacial score (nSPS) is 18.0. The van der Waals surface area contributed by atoms with Gasteiger partial charge in [-0.1, -0.05) is 42.5 Å². The zero-order valence-corrected chi connectivity index (χ0v) is 22.0. The van der Waals surface area contributed by atoms with Gasteiger partial charge in [0.2, 0.25) is 21.8 Å². The standard InChI is InChI=1S/C26H27N3O6S2/c1-27(16-24(30)28(2)22-10-6-5-9-21(22)26(32)33)25(31)23-14-19(36)15-29(23)37(34,35)20-12-11-17-7-3-4-8-18(17)13-20/h3-13,19,23,36H,14-16H2,1-2H3,(H,32,33). The first-order valence-electron chi connectivity index (χ1n) is 11.5. The maximum atomic E-state index is 13.6. The van der Waals surface area contributed by atoms with Crippen molar-refractivity contribution in [1.29, 1.82) is 0 Å². The summed E-state index contributed by atoms with van der Waals surface area (Å²) < 4.78 is 28.3. The summed E-state index contributed by atoms with van der Waals surface area (Å²) in [5, 5.41) is 10.7. The summed E-state index contributed by atoms with van der Waals surface area (Å²) >= 11 is 4.45. The van der Waals surface area contributed by atoms with Crippen molar-refractivity contribution >= 4 is 56.9 Å². The van der Waals surface area contributed by atoms with Crippen molar-refractivity contribution in [1.82, 2.24) is 9.21 Å². The Morgan fingerprint density at radius 1 is 1.00 bits per heavy atom. The van der Waals surface area contributed by atoms with Crippen LogP contribution in [0.15, 0.2) is 71.6 Å². The summed E-state index contributed by atoms with van der Waals surface area (Å²) in [4.78, 5) is 40.3. The summed E-state index contributed by atoms with van der Waals surface area (Å²) in [7, 11) is -1.17. The molecule has 2 amide bonds. The predicted octanol–water partition coefficient (Wildman–Crippen LogP) is 2.72. The lowest BCUT2D eigenvalue weighted by Crippen LogP contribution is -2.49. The predicted molar refractivity (Wildman–Crippen MR) is 143 cm³/mol. The lowest BCUT2D eigenvalue weighted by Gasteiger charge is -2.28. The van der Waals surface area contributed by atoms with Gasteiger partial charge in [-0.2, -0.15) is 16.9 Å². The van der Waals surface area contributed by atoms with Crippen LogP contribution in [0.2, 0.25) is 0 Å². The number of sulfonamides is 1. The van der Waals surface area contributed by atoms with Crippen LogP contribution in [0.3, 0.4) is 0 Å². The van der Waals surface area contributed by atoms with Crippen LogP contribution in [0.5, 0.6) is 0 Å². The van der Waals surface area contributed by atoms with Crippen molar-refractivity contribution in [2.45, 2.75) is 22.6 Å². The van der Waals surface area contributed by atoms with Crippen molar-refractivity contribution in [2.24, 2.45) is 0 Å². The van der Waals surface area contributed by atoms with Crippen LogP contribution in [0.4, 0.5) is 5.69 Å². The van der Waals surface area contributed by atoms with Crippen LogP contribution in [0, 0.1) is 0 Å². The number of anilines is 1. The van der Waals surface area contributed by atoms with E-state index in [4.69, 9.17) is 0 Å². The molecular weight excluding hydrogens is 514 g/mol. The molecule has 1 fully saturated rings. The van der Waals surface area contributed by atoms with Gasteiger partial charge in [-0.15, -0.1) is 0 Å². The first kappa shape index (κ1) is 26.6. The largest absolute Gasteiger partial charge is 0.478 e. The third-order valence-corrected chi connectivity index (χ3v) is 8.71. The van der Waals surface area contributed by atoms with E-state index in [1.807, 2.05) is 24.3 Å². The SMILES string of the molecule is CN(CC(=O)N(C)c1ccccc1C(=O)O)C(=O)C1CC(S)CN1S(=O)(=O)c1ccc2ccccc2c1. The molecule has 9 nitrogen and oxygen atoms in total. The monoisotopic (exact) mass is 541 g/mol. The minimum absolute atomic E-state index is 0.0475. The van der Waals surface area contributed by atoms with Crippen LogP contribution < -0.4 is 4.90 Å². The van der Waals surface area contributed by atoms with Crippen LogP contribution in [-0.2, 0) is 19.6 Å². The summed E-state index contributed by atoms with van der Waals surface area (Å²) in [6.07, 6.45) is 0.199. The van der Waals surface area contributed by atoms with Gasteiger partial charge >= 0.3 is 5.97 Å². The number of hydrogen-bond acceptors (Lipinski definition) is 6. The number of carboxylic acid groups (broad SMARTS) is 1. The summed E-state index contributed by atoms with van der Waals surface area (Å²) in [6.45, 7) is -0.302. The molecule has 0 aromatic heterocycles. The fourth-order valence-corrected chi connectivity index (χ4v) is 6.62. The first-order chi connectivity index (χ1) is 17.5. The number of fused-ring (bicyclic) bond motifs is 1. The van der Waals surface area contributed by atoms with Gasteiger partial charge in [0.05, 0.1) is 22.7 Å². The highest BCUT2D eigenvalue weighted by atomic mass is 32.2. The van der Waals surface area contributed by atoms with Crippen LogP contribution in [-0.4, -0.2) is 79.0 Å². The van der Waals surface area contributed by atoms with Crippen molar-refractivity contribution < 1.29 is 27.9 Å². The molecule has 0 aliphatic carbocycles. The third-order valence-electron chi connectivity index (χ3n) is 6.46. The molecule has 1 aliphatic heterocycles. The second-order valence-electron chi connectivity index (χ2n) is 8.96. The summed E-state index contributed by atoms with van der Waals surface area (Å²) in [5.74, 6) is -2.23. The highest BCUT2D eigenvalue weighted by Crippen LogP contribution is 2.31. The third kappa shape index (κ3) is 5.34. The van der Waals surface area contributed by atoms with Gasteiger partial charge in [-0.05, 0) is 41.5 Å². The molecule has 0 spiro atoms. The van der Waals surface area contributed by atoms with Crippen LogP contribution >= 0.6 is 12.6 Å². The molecule has 0 bridgehead atoms. The van der Waals surface area contributed by atoms with E-state index in [0.29, 0.717) is 0 Å². The van der Waals surface area contributed by atoms with E-state index in [0.717, 1.165) is 15.1 Å². The molecule has 37 heavy (non-hydrogen) atoms. The second-order valence-corrected chi connectivity index (χ2v) is 11.6. The number of aromatic carboxylic acids is 1. The Balaban J connectivity index is 1.54. The maximum absolute atomic E-state index is 13.6. The molecule has 1 saturated heterocycles. The van der Waals surface area contributed by atoms with Crippen molar-refractivity contribution in [2.75, 3.05) is 32.1 Å². The molecule has 0 saturated carbocycles. The molecule has 1 heterocycles. The highest BCUT2D eigenvalue weighted by Gasteiger charge is 2.44. The number of thiol groups is 1. The molecule has 11 heteroatoms. The Bertz CT molecular complexity index is 1480. The minimum atomic E-state index is -4.02. The number of rotatable bonds is 7. The highest BCUT2D eigenvalue weighted by molar-refractivity contribution is 7.89. The van der Waals surface area contributed by atoms with Crippen LogP contribution in [0.25, 0.3) is 10.8 Å². The smallest absolute Gasteiger partial charge is 0.337 e. The molecule has 1 aliphatic rings. The number of likely N-dealkylation sites (N-methyl/N-ethyl adjacent to an activating group) is 2. The van der Waals surface area contributed by atoms with Crippen molar-refractivity contribution in [3.05, 3.63) is 72.3 Å². The Labute approximate surface area is 220 Å². The molecule has 4 rings (SSSR count). The zero-order chi connectivity index (χ0) is 26.9. The quantitative estimate of drug-likeness (QED) is 0.445. The molecule has 1 N–H and O–H groups in total. The van der Waals surface area contributed by atoms with Gasteiger partial charge in [0.15, 0.2) is 0 Å². The number of nitrogens with zero attached hydrogens (tertiary/aromatic N) is 3. The van der Waals surface area contributed by atoms with E-state index in [9.17, 15) is 27.9 Å². The van der Waals surface area contributed by atoms with Crippen molar-refractivity contribution in [3.8, 4) is 0 Å². The van der Waals surface area contributed by atoms with Gasteiger partial charge < -0.3 is 14.9 Å². The van der Waals surface area contributed by atoms with Gasteiger partial charge in [0, 0.05) is 25.9 Å². The topological polar surface area (TPSA) is 115 Å². The molecule has 3 aromatic carbocycles. The van der Waals surface area contributed by atoms with E-state index in [1.54, 1.807) is 24.3 Å². The number of para-hydroxylation sites is 1. The molecule has 2 unspecified atom stereocenters. The van der Waals surface area contributed by atoms with E-state index < -0.39 is 33.8 Å². The Morgan fingerprint density at radius 3 is 2.35 bits per heavy atom. The van der Waals surface area contributed by atoms with E-state index in [-0.39, 0.29) is 40.9 Å². The zero-order valence-electron chi connectivity index (χ0n) is 20.3. The Kier molecular flexibility index (Phi) is 7.58. The average Bonchev–Trinajstić information content (AvgIpc) is 3.29. The number of carbonyl (C=O) groups excluding carboxylic acids is 2. The maximum Gasteiger partial charge on any atom is 0.337 e. The molecule has 0 radical (unpaired) electrons. The fraction of sp³-hybridized carbons (Fsp3) is 0.269. The van der Waals surface area contributed by atoms with E-state index >= 15 is 0 Å². The Hall–Kier alpha value is -3.41. The van der Waals surface area contributed by atoms with E-state index in [1.165, 1.54) is 42.1 Å². The fourth-order valence-electron chi connectivity index (χ4n) is 4.46. The van der Waals surface area contributed by atoms with E-state index in [2.05, 4.69) is 12.6 Å². The number of benzene rings is 3. The molecule has 194 valence electrons. The first-order valence-corrected chi connectivity index (χ1v) is 13.5. The van der Waals surface area contributed by atoms with Gasteiger partial charge in [-0.25, -0.2) is 13.2 Å². The molecular formula is C26H27N3O6S2. The number of carboxylic acids is 1.